The lowest BCUT2D eigenvalue weighted by molar-refractivity contribution is -0.135. The van der Waals surface area contributed by atoms with E-state index in [0.29, 0.717) is 42.5 Å². The molecule has 14 heteroatoms. The van der Waals surface area contributed by atoms with Gasteiger partial charge in [0.05, 0.1) is 24.1 Å². The number of carboxylic acid groups (broad SMARTS) is 1. The Bertz CT molecular complexity index is 1370. The Morgan fingerprint density at radius 1 is 1.24 bits per heavy atom. The van der Waals surface area contributed by atoms with Crippen molar-refractivity contribution in [2.24, 2.45) is 4.99 Å². The number of carbonyl (C=O) groups excluding carboxylic acids is 1. The summed E-state index contributed by atoms with van der Waals surface area (Å²) in [4.78, 5) is 43.3. The molecule has 0 spiro atoms. The van der Waals surface area contributed by atoms with Crippen molar-refractivity contribution in [3.63, 3.8) is 0 Å². The summed E-state index contributed by atoms with van der Waals surface area (Å²) in [6.07, 6.45) is 2.70. The molecule has 1 amide bonds. The van der Waals surface area contributed by atoms with Gasteiger partial charge in [-0.05, 0) is 19.1 Å². The first-order chi connectivity index (χ1) is 16.0. The number of benzene rings is 1. The van der Waals surface area contributed by atoms with Gasteiger partial charge in [-0.3, -0.25) is 19.1 Å². The fraction of sp³-hybridized carbons (Fsp3) is 0.400. The Morgan fingerprint density at radius 2 is 1.91 bits per heavy atom. The molecule has 1 aromatic heterocycles. The zero-order valence-electron chi connectivity index (χ0n) is 18.1. The lowest BCUT2D eigenvalue weighted by Gasteiger charge is -2.36. The van der Waals surface area contributed by atoms with Crippen LogP contribution < -0.4 is 10.3 Å². The molecule has 12 nitrogen and oxygen atoms in total. The molecule has 2 N–H and O–H groups in total. The van der Waals surface area contributed by atoms with Gasteiger partial charge in [0.2, 0.25) is 5.43 Å². The summed E-state index contributed by atoms with van der Waals surface area (Å²) < 4.78 is 47.7. The van der Waals surface area contributed by atoms with E-state index in [0.717, 1.165) is 6.07 Å². The summed E-state index contributed by atoms with van der Waals surface area (Å²) in [5.74, 6) is -2.81. The number of aryl methyl sites for hydroxylation is 1. The molecule has 34 heavy (non-hydrogen) atoms. The number of aromatic carboxylic acids is 1. The van der Waals surface area contributed by atoms with Crippen molar-refractivity contribution in [1.82, 2.24) is 13.8 Å². The van der Waals surface area contributed by atoms with Gasteiger partial charge in [-0.15, -0.1) is 0 Å². The minimum absolute atomic E-state index is 0.00197. The van der Waals surface area contributed by atoms with Crippen molar-refractivity contribution in [3.8, 4) is 0 Å². The van der Waals surface area contributed by atoms with Gasteiger partial charge in [-0.1, -0.05) is 0 Å². The number of carbonyl (C=O) groups is 2. The number of hydrogen-bond acceptors (Lipinski definition) is 7. The van der Waals surface area contributed by atoms with E-state index in [1.807, 2.05) is 0 Å². The number of anilines is 1. The van der Waals surface area contributed by atoms with Crippen molar-refractivity contribution in [2.75, 3.05) is 37.6 Å². The zero-order chi connectivity index (χ0) is 24.8. The van der Waals surface area contributed by atoms with E-state index in [1.165, 1.54) is 12.5 Å². The maximum Gasteiger partial charge on any atom is 0.362 e. The number of β-lactam (4-membered cyclic amide) rings is 1. The van der Waals surface area contributed by atoms with Crippen LogP contribution in [0.5, 0.6) is 0 Å². The van der Waals surface area contributed by atoms with Gasteiger partial charge < -0.3 is 19.5 Å². The first kappa shape index (κ1) is 23.6. The molecule has 0 saturated carbocycles. The Kier molecular flexibility index (Phi) is 6.03. The van der Waals surface area contributed by atoms with E-state index < -0.39 is 45.0 Å². The van der Waals surface area contributed by atoms with Crippen LogP contribution >= 0.6 is 0 Å². The quantitative estimate of drug-likeness (QED) is 0.244. The second kappa shape index (κ2) is 8.68. The summed E-state index contributed by atoms with van der Waals surface area (Å²) in [6, 6.07) is 1.74. The van der Waals surface area contributed by atoms with E-state index >= 15 is 0 Å². The number of rotatable bonds is 6. The van der Waals surface area contributed by atoms with Crippen molar-refractivity contribution in [1.29, 1.82) is 0 Å². The van der Waals surface area contributed by atoms with Crippen LogP contribution in [0.15, 0.2) is 28.1 Å². The Hall–Kier alpha value is -3.52. The number of amides is 1. The lowest BCUT2D eigenvalue weighted by atomic mass is 10.1. The third-order valence-electron chi connectivity index (χ3n) is 5.93. The van der Waals surface area contributed by atoms with E-state index in [4.69, 9.17) is 4.55 Å². The minimum Gasteiger partial charge on any atom is -0.477 e. The second-order valence-electron chi connectivity index (χ2n) is 7.93. The van der Waals surface area contributed by atoms with Crippen molar-refractivity contribution in [2.45, 2.75) is 19.5 Å². The van der Waals surface area contributed by atoms with Crippen LogP contribution in [0.25, 0.3) is 10.9 Å². The van der Waals surface area contributed by atoms with Crippen LogP contribution in [0, 0.1) is 5.82 Å². The van der Waals surface area contributed by atoms with Gasteiger partial charge in [0.1, 0.15) is 11.4 Å². The first-order valence-electron chi connectivity index (χ1n) is 10.4. The van der Waals surface area contributed by atoms with Crippen LogP contribution in [0.4, 0.5) is 10.1 Å². The average Bonchev–Trinajstić information content (AvgIpc) is 2.77. The zero-order valence-corrected chi connectivity index (χ0v) is 18.9. The molecule has 182 valence electrons. The van der Waals surface area contributed by atoms with Gasteiger partial charge in [0.25, 0.3) is 5.91 Å². The maximum absolute atomic E-state index is 14.9. The van der Waals surface area contributed by atoms with Crippen LogP contribution in [0.3, 0.4) is 0 Å². The van der Waals surface area contributed by atoms with Crippen LogP contribution in [-0.2, 0) is 21.6 Å². The molecule has 2 saturated heterocycles. The molecule has 4 rings (SSSR count). The highest BCUT2D eigenvalue weighted by molar-refractivity contribution is 7.84. The van der Waals surface area contributed by atoms with Gasteiger partial charge >= 0.3 is 16.3 Å². The predicted molar refractivity (Wildman–Crippen MR) is 120 cm³/mol. The number of carboxylic acids is 1. The van der Waals surface area contributed by atoms with Crippen molar-refractivity contribution >= 4 is 45.1 Å². The van der Waals surface area contributed by atoms with Crippen LogP contribution in [0.1, 0.15) is 17.3 Å². The monoisotopic (exact) mass is 495 g/mol. The minimum atomic E-state index is -4.56. The summed E-state index contributed by atoms with van der Waals surface area (Å²) in [5.41, 5.74) is -0.438. The largest absolute Gasteiger partial charge is 0.477 e. The number of pyridine rings is 1. The fourth-order valence-corrected chi connectivity index (χ4v) is 4.69. The fourth-order valence-electron chi connectivity index (χ4n) is 4.01. The summed E-state index contributed by atoms with van der Waals surface area (Å²) in [6.45, 7) is 3.67. The normalized spacial score (nSPS) is 19.2. The molecule has 0 aliphatic carbocycles. The standard InChI is InChI=1S/C20H22FN5O7S/c1-2-24-9-13(20(29)30)18(27)12-7-14(21)17(8-16(12)24)25-5-3-23(4-6-25)11-22-15-10-26(19(15)28)34(31,32)33/h7-9,11,15H,2-6,10H2,1H3,(H,29,30)(H,31,32,33). The number of piperazine rings is 1. The molecule has 0 bridgehead atoms. The van der Waals surface area contributed by atoms with E-state index in [-0.39, 0.29) is 17.6 Å². The maximum atomic E-state index is 14.9. The lowest BCUT2D eigenvalue weighted by Crippen LogP contribution is -2.58. The Labute approximate surface area is 193 Å². The Morgan fingerprint density at radius 3 is 2.47 bits per heavy atom. The summed E-state index contributed by atoms with van der Waals surface area (Å²) >= 11 is 0. The molecular formula is C20H22FN5O7S. The molecule has 2 aromatic rings. The van der Waals surface area contributed by atoms with Gasteiger partial charge in [0, 0.05) is 44.3 Å². The highest BCUT2D eigenvalue weighted by Gasteiger charge is 2.43. The molecule has 2 fully saturated rings. The van der Waals surface area contributed by atoms with Gasteiger partial charge in [0.15, 0.2) is 6.04 Å². The summed E-state index contributed by atoms with van der Waals surface area (Å²) in [5, 5.41) is 9.27. The first-order valence-corrected chi connectivity index (χ1v) is 11.8. The molecule has 2 aliphatic rings. The highest BCUT2D eigenvalue weighted by atomic mass is 32.2. The highest BCUT2D eigenvalue weighted by Crippen LogP contribution is 2.26. The third-order valence-corrected chi connectivity index (χ3v) is 6.82. The Balaban J connectivity index is 1.49. The van der Waals surface area contributed by atoms with E-state index in [2.05, 4.69) is 4.99 Å². The SMILES string of the molecule is CCn1cc(C(=O)O)c(=O)c2cc(F)c(N3CCN(C=NC4CN(S(=O)(=O)O)C4=O)CC3)cc21. The molecule has 3 heterocycles. The molecule has 2 aliphatic heterocycles. The number of fused-ring (bicyclic) bond motifs is 1. The number of hydrogen-bond donors (Lipinski definition) is 2. The van der Waals surface area contributed by atoms with Crippen LogP contribution in [0.2, 0.25) is 0 Å². The van der Waals surface area contributed by atoms with E-state index in [1.54, 1.807) is 27.4 Å². The molecule has 0 radical (unpaired) electrons. The number of aliphatic imine (C=N–C) groups is 1. The molecular weight excluding hydrogens is 473 g/mol. The topological polar surface area (TPSA) is 153 Å². The summed E-state index contributed by atoms with van der Waals surface area (Å²) in [7, 11) is -4.56. The van der Waals surface area contributed by atoms with Crippen molar-refractivity contribution in [3.05, 3.63) is 39.9 Å². The number of halogens is 1. The number of aromatic nitrogens is 1. The van der Waals surface area contributed by atoms with Crippen LogP contribution in [-0.4, -0.2) is 88.8 Å². The second-order valence-corrected chi connectivity index (χ2v) is 9.27. The number of nitrogens with zero attached hydrogens (tertiary/aromatic N) is 5. The molecule has 1 atom stereocenters. The van der Waals surface area contributed by atoms with Gasteiger partial charge in [-0.25, -0.2) is 13.5 Å². The average molecular weight is 495 g/mol. The molecule has 1 unspecified atom stereocenters. The molecule has 1 aromatic carbocycles. The van der Waals surface area contributed by atoms with Gasteiger partial charge in [-0.2, -0.15) is 8.42 Å². The van der Waals surface area contributed by atoms with E-state index in [9.17, 15) is 32.3 Å². The predicted octanol–water partition coefficient (Wildman–Crippen LogP) is 0.0226. The smallest absolute Gasteiger partial charge is 0.362 e. The third kappa shape index (κ3) is 4.21. The van der Waals surface area contributed by atoms with Crippen molar-refractivity contribution < 1.29 is 32.1 Å².